The van der Waals surface area contributed by atoms with E-state index in [4.69, 9.17) is 5.73 Å². The summed E-state index contributed by atoms with van der Waals surface area (Å²) in [7, 11) is 0. The fourth-order valence-corrected chi connectivity index (χ4v) is 2.37. The van der Waals surface area contributed by atoms with Gasteiger partial charge in [-0.3, -0.25) is 0 Å². The molecule has 0 aromatic carbocycles. The fraction of sp³-hybridized carbons (Fsp3) is 0.615. The minimum atomic E-state index is 0.765. The van der Waals surface area contributed by atoms with Crippen LogP contribution in [-0.2, 0) is 0 Å². The highest BCUT2D eigenvalue weighted by Crippen LogP contribution is 2.27. The van der Waals surface area contributed by atoms with Crippen molar-refractivity contribution in [2.45, 2.75) is 39.0 Å². The van der Waals surface area contributed by atoms with Crippen LogP contribution < -0.4 is 11.1 Å². The molecule has 0 saturated heterocycles. The minimum absolute atomic E-state index is 0.765. The second kappa shape index (κ2) is 5.19. The highest BCUT2D eigenvalue weighted by molar-refractivity contribution is 5.50. The zero-order valence-electron chi connectivity index (χ0n) is 10.00. The lowest BCUT2D eigenvalue weighted by Crippen LogP contribution is -2.08. The van der Waals surface area contributed by atoms with Crippen molar-refractivity contribution in [1.82, 2.24) is 4.98 Å². The Morgan fingerprint density at radius 2 is 2.19 bits per heavy atom. The molecular formula is C13H21N3. The molecule has 0 spiro atoms. The largest absolute Gasteiger partial charge is 0.397 e. The third kappa shape index (κ3) is 2.87. The van der Waals surface area contributed by atoms with Gasteiger partial charge in [-0.1, -0.05) is 25.7 Å². The molecule has 16 heavy (non-hydrogen) atoms. The monoisotopic (exact) mass is 219 g/mol. The zero-order chi connectivity index (χ0) is 11.4. The van der Waals surface area contributed by atoms with Crippen LogP contribution in [0.25, 0.3) is 0 Å². The van der Waals surface area contributed by atoms with Gasteiger partial charge in [0.05, 0.1) is 11.9 Å². The molecular weight excluding hydrogens is 198 g/mol. The normalized spacial score (nSPS) is 16.6. The lowest BCUT2D eigenvalue weighted by Gasteiger charge is -2.11. The van der Waals surface area contributed by atoms with E-state index in [0.29, 0.717) is 0 Å². The first kappa shape index (κ1) is 11.2. The number of nitrogens with one attached hydrogen (secondary N) is 1. The minimum Gasteiger partial charge on any atom is -0.397 e. The fourth-order valence-electron chi connectivity index (χ4n) is 2.37. The molecule has 2 rings (SSSR count). The first-order chi connectivity index (χ1) is 7.75. The number of nitrogens with two attached hydrogens (primary N) is 1. The number of anilines is 2. The molecule has 1 aromatic rings. The van der Waals surface area contributed by atoms with E-state index >= 15 is 0 Å². The smallest absolute Gasteiger partial charge is 0.126 e. The maximum absolute atomic E-state index is 5.73. The van der Waals surface area contributed by atoms with Crippen molar-refractivity contribution in [2.24, 2.45) is 5.92 Å². The molecule has 0 bridgehead atoms. The summed E-state index contributed by atoms with van der Waals surface area (Å²) < 4.78 is 0. The maximum Gasteiger partial charge on any atom is 0.126 e. The second-order valence-electron chi connectivity index (χ2n) is 4.79. The molecule has 0 aliphatic heterocycles. The Bertz CT molecular complexity index is 343. The Balaban J connectivity index is 1.78. The number of rotatable bonds is 4. The van der Waals surface area contributed by atoms with Gasteiger partial charge in [-0.25, -0.2) is 4.98 Å². The number of hydrogen-bond donors (Lipinski definition) is 2. The molecule has 88 valence electrons. The van der Waals surface area contributed by atoms with Crippen molar-refractivity contribution in [3.63, 3.8) is 0 Å². The van der Waals surface area contributed by atoms with Crippen molar-refractivity contribution in [3.8, 4) is 0 Å². The molecule has 3 N–H and O–H groups in total. The van der Waals surface area contributed by atoms with E-state index < -0.39 is 0 Å². The summed E-state index contributed by atoms with van der Waals surface area (Å²) in [6.07, 6.45) is 8.66. The summed E-state index contributed by atoms with van der Waals surface area (Å²) in [5, 5.41) is 3.37. The summed E-state index contributed by atoms with van der Waals surface area (Å²) in [5.41, 5.74) is 7.59. The lowest BCUT2D eigenvalue weighted by atomic mass is 10.0. The Labute approximate surface area is 97.5 Å². The molecule has 0 unspecified atom stereocenters. The van der Waals surface area contributed by atoms with Crippen molar-refractivity contribution >= 4 is 11.5 Å². The van der Waals surface area contributed by atoms with Crippen LogP contribution in [0.1, 0.15) is 37.7 Å². The summed E-state index contributed by atoms with van der Waals surface area (Å²) in [5.74, 6) is 1.88. The Morgan fingerprint density at radius 3 is 2.88 bits per heavy atom. The number of nitrogen functional groups attached to an aromatic ring is 1. The van der Waals surface area contributed by atoms with E-state index in [2.05, 4.69) is 10.3 Å². The highest BCUT2D eigenvalue weighted by atomic mass is 15.0. The van der Waals surface area contributed by atoms with Gasteiger partial charge in [0, 0.05) is 6.54 Å². The van der Waals surface area contributed by atoms with Crippen LogP contribution in [0.4, 0.5) is 11.5 Å². The average molecular weight is 219 g/mol. The Kier molecular flexibility index (Phi) is 3.65. The van der Waals surface area contributed by atoms with E-state index in [0.717, 1.165) is 29.5 Å². The number of hydrogen-bond acceptors (Lipinski definition) is 3. The molecule has 1 aliphatic rings. The van der Waals surface area contributed by atoms with E-state index in [-0.39, 0.29) is 0 Å². The number of aromatic nitrogens is 1. The topological polar surface area (TPSA) is 50.9 Å². The maximum atomic E-state index is 5.73. The third-order valence-corrected chi connectivity index (χ3v) is 3.48. The molecule has 0 radical (unpaired) electrons. The summed E-state index contributed by atoms with van der Waals surface area (Å²) >= 11 is 0. The summed E-state index contributed by atoms with van der Waals surface area (Å²) in [4.78, 5) is 4.27. The van der Waals surface area contributed by atoms with Gasteiger partial charge in [0.1, 0.15) is 5.82 Å². The van der Waals surface area contributed by atoms with Crippen LogP contribution in [0.5, 0.6) is 0 Å². The van der Waals surface area contributed by atoms with Gasteiger partial charge in [-0.15, -0.1) is 0 Å². The third-order valence-electron chi connectivity index (χ3n) is 3.48. The Morgan fingerprint density at radius 1 is 1.44 bits per heavy atom. The molecule has 1 aliphatic carbocycles. The molecule has 1 saturated carbocycles. The van der Waals surface area contributed by atoms with Crippen LogP contribution in [0.2, 0.25) is 0 Å². The molecule has 3 nitrogen and oxygen atoms in total. The number of aryl methyl sites for hydroxylation is 1. The predicted octanol–water partition coefficient (Wildman–Crippen LogP) is 2.96. The van der Waals surface area contributed by atoms with Gasteiger partial charge < -0.3 is 11.1 Å². The first-order valence-electron chi connectivity index (χ1n) is 6.21. The average Bonchev–Trinajstić information content (AvgIpc) is 2.76. The second-order valence-corrected chi connectivity index (χ2v) is 4.79. The molecule has 1 heterocycles. The van der Waals surface area contributed by atoms with Crippen molar-refractivity contribution < 1.29 is 0 Å². The van der Waals surface area contributed by atoms with Gasteiger partial charge >= 0.3 is 0 Å². The van der Waals surface area contributed by atoms with Gasteiger partial charge in [-0.05, 0) is 30.9 Å². The van der Waals surface area contributed by atoms with Crippen molar-refractivity contribution in [3.05, 3.63) is 17.8 Å². The quantitative estimate of drug-likeness (QED) is 0.818. The molecule has 3 heteroatoms. The van der Waals surface area contributed by atoms with E-state index in [1.165, 1.54) is 32.1 Å². The van der Waals surface area contributed by atoms with Gasteiger partial charge in [-0.2, -0.15) is 0 Å². The van der Waals surface area contributed by atoms with Crippen LogP contribution in [0.15, 0.2) is 12.3 Å². The summed E-state index contributed by atoms with van der Waals surface area (Å²) in [6.45, 7) is 3.04. The zero-order valence-corrected chi connectivity index (χ0v) is 10.00. The van der Waals surface area contributed by atoms with E-state index in [1.54, 1.807) is 6.20 Å². The van der Waals surface area contributed by atoms with Crippen LogP contribution in [0, 0.1) is 12.8 Å². The van der Waals surface area contributed by atoms with Crippen LogP contribution in [-0.4, -0.2) is 11.5 Å². The molecule has 1 fully saturated rings. The van der Waals surface area contributed by atoms with Gasteiger partial charge in [0.25, 0.3) is 0 Å². The SMILES string of the molecule is Cc1cc(NCCC2CCCC2)ncc1N. The molecule has 1 aromatic heterocycles. The van der Waals surface area contributed by atoms with Gasteiger partial charge in [0.15, 0.2) is 0 Å². The molecule has 0 amide bonds. The Hall–Kier alpha value is -1.25. The lowest BCUT2D eigenvalue weighted by molar-refractivity contribution is 0.518. The van der Waals surface area contributed by atoms with Crippen molar-refractivity contribution in [2.75, 3.05) is 17.6 Å². The predicted molar refractivity (Wildman–Crippen MR) is 68.5 cm³/mol. The first-order valence-corrected chi connectivity index (χ1v) is 6.21. The van der Waals surface area contributed by atoms with E-state index in [1.807, 2.05) is 13.0 Å². The van der Waals surface area contributed by atoms with E-state index in [9.17, 15) is 0 Å². The summed E-state index contributed by atoms with van der Waals surface area (Å²) in [6, 6.07) is 2.02. The van der Waals surface area contributed by atoms with Crippen LogP contribution in [0.3, 0.4) is 0 Å². The number of nitrogens with zero attached hydrogens (tertiary/aromatic N) is 1. The standard InChI is InChI=1S/C13H21N3/c1-10-8-13(16-9-12(10)14)15-7-6-11-4-2-3-5-11/h8-9,11H,2-7,14H2,1H3,(H,15,16). The molecule has 0 atom stereocenters. The van der Waals surface area contributed by atoms with Crippen molar-refractivity contribution in [1.29, 1.82) is 0 Å². The highest BCUT2D eigenvalue weighted by Gasteiger charge is 2.14. The van der Waals surface area contributed by atoms with Crippen LogP contribution >= 0.6 is 0 Å². The van der Waals surface area contributed by atoms with Gasteiger partial charge in [0.2, 0.25) is 0 Å². The number of pyridine rings is 1.